The van der Waals surface area contributed by atoms with Crippen LogP contribution in [0, 0.1) is 0 Å². The molecule has 0 spiro atoms. The number of hydrogen-bond acceptors (Lipinski definition) is 5. The molecule has 7 heteroatoms. The van der Waals surface area contributed by atoms with E-state index in [1.165, 1.54) is 7.11 Å². The van der Waals surface area contributed by atoms with Crippen LogP contribution in [-0.2, 0) is 9.53 Å². The van der Waals surface area contributed by atoms with Gasteiger partial charge in [-0.2, -0.15) is 0 Å². The van der Waals surface area contributed by atoms with E-state index in [1.807, 2.05) is 19.1 Å². The number of urea groups is 1. The number of methoxy groups -OCH3 is 2. The number of unbranched alkanes of at least 4 members (excludes halogenated alkanes) is 1. The fraction of sp³-hybridized carbons (Fsp3) is 0.500. The molecule has 0 saturated carbocycles. The SMILES string of the molecule is CCCCC1=C(C(=O)OC)C(c2cccc(OC)c2OCCC)NC(=O)N1. The molecule has 148 valence electrons. The van der Waals surface area contributed by atoms with E-state index in [4.69, 9.17) is 14.2 Å². The zero-order valence-electron chi connectivity index (χ0n) is 16.4. The van der Waals surface area contributed by atoms with Crippen LogP contribution in [0.1, 0.15) is 51.1 Å². The normalized spacial score (nSPS) is 16.4. The minimum Gasteiger partial charge on any atom is -0.493 e. The van der Waals surface area contributed by atoms with Crippen molar-refractivity contribution in [2.75, 3.05) is 20.8 Å². The summed E-state index contributed by atoms with van der Waals surface area (Å²) >= 11 is 0. The highest BCUT2D eigenvalue weighted by Gasteiger charge is 2.35. The first-order chi connectivity index (χ1) is 13.1. The Labute approximate surface area is 160 Å². The van der Waals surface area contributed by atoms with Crippen LogP contribution in [0.4, 0.5) is 4.79 Å². The van der Waals surface area contributed by atoms with Crippen molar-refractivity contribution in [1.29, 1.82) is 0 Å². The van der Waals surface area contributed by atoms with Crippen molar-refractivity contribution < 1.29 is 23.8 Å². The molecule has 0 aromatic heterocycles. The van der Waals surface area contributed by atoms with Gasteiger partial charge in [0, 0.05) is 11.3 Å². The molecule has 1 unspecified atom stereocenters. The molecule has 27 heavy (non-hydrogen) atoms. The van der Waals surface area contributed by atoms with Crippen molar-refractivity contribution in [3.05, 3.63) is 35.0 Å². The highest BCUT2D eigenvalue weighted by Crippen LogP contribution is 2.39. The first-order valence-electron chi connectivity index (χ1n) is 9.25. The number of hydrogen-bond donors (Lipinski definition) is 2. The summed E-state index contributed by atoms with van der Waals surface area (Å²) in [5, 5.41) is 5.59. The van der Waals surface area contributed by atoms with Gasteiger partial charge in [0.1, 0.15) is 0 Å². The first kappa shape index (κ1) is 20.6. The van der Waals surface area contributed by atoms with Gasteiger partial charge in [0.2, 0.25) is 0 Å². The predicted molar refractivity (Wildman–Crippen MR) is 102 cm³/mol. The van der Waals surface area contributed by atoms with Gasteiger partial charge in [0.15, 0.2) is 11.5 Å². The van der Waals surface area contributed by atoms with Gasteiger partial charge in [-0.25, -0.2) is 9.59 Å². The van der Waals surface area contributed by atoms with E-state index in [1.54, 1.807) is 13.2 Å². The van der Waals surface area contributed by atoms with Crippen molar-refractivity contribution in [2.24, 2.45) is 0 Å². The summed E-state index contributed by atoms with van der Waals surface area (Å²) in [7, 11) is 2.89. The number of ether oxygens (including phenoxy) is 3. The van der Waals surface area contributed by atoms with Crippen LogP contribution in [0.5, 0.6) is 11.5 Å². The molecule has 2 rings (SSSR count). The minimum absolute atomic E-state index is 0.358. The van der Waals surface area contributed by atoms with Crippen molar-refractivity contribution in [2.45, 2.75) is 45.6 Å². The maximum Gasteiger partial charge on any atom is 0.337 e. The van der Waals surface area contributed by atoms with E-state index >= 15 is 0 Å². The number of para-hydroxylation sites is 1. The van der Waals surface area contributed by atoms with Gasteiger partial charge in [-0.15, -0.1) is 0 Å². The fourth-order valence-corrected chi connectivity index (χ4v) is 3.03. The van der Waals surface area contributed by atoms with Crippen LogP contribution in [0.3, 0.4) is 0 Å². The number of esters is 1. The van der Waals surface area contributed by atoms with Crippen LogP contribution >= 0.6 is 0 Å². The molecule has 0 saturated heterocycles. The zero-order chi connectivity index (χ0) is 19.8. The molecular formula is C20H28N2O5. The van der Waals surface area contributed by atoms with Crippen LogP contribution in [0.2, 0.25) is 0 Å². The second-order valence-corrected chi connectivity index (χ2v) is 6.25. The second-order valence-electron chi connectivity index (χ2n) is 6.25. The zero-order valence-corrected chi connectivity index (χ0v) is 16.4. The Bertz CT molecular complexity index is 714. The molecule has 1 heterocycles. The third-order valence-electron chi connectivity index (χ3n) is 4.33. The lowest BCUT2D eigenvalue weighted by Gasteiger charge is -2.30. The van der Waals surface area contributed by atoms with E-state index < -0.39 is 12.0 Å². The van der Waals surface area contributed by atoms with E-state index in [-0.39, 0.29) is 6.03 Å². The average molecular weight is 376 g/mol. The Hall–Kier alpha value is -2.70. The first-order valence-corrected chi connectivity index (χ1v) is 9.25. The Morgan fingerprint density at radius 2 is 1.96 bits per heavy atom. The van der Waals surface area contributed by atoms with Gasteiger partial charge in [-0.1, -0.05) is 32.4 Å². The van der Waals surface area contributed by atoms with Crippen molar-refractivity contribution in [1.82, 2.24) is 10.6 Å². The minimum atomic E-state index is -0.681. The standard InChI is InChI=1S/C20H28N2O5/c1-5-7-10-14-16(19(23)26-4)17(22-20(24)21-14)13-9-8-11-15(25-3)18(13)27-12-6-2/h8-9,11,17H,5-7,10,12H2,1-4H3,(H2,21,22,24). The summed E-state index contributed by atoms with van der Waals surface area (Å²) in [5.74, 6) is 0.584. The number of carbonyl (C=O) groups excluding carboxylic acids is 2. The Morgan fingerprint density at radius 1 is 1.19 bits per heavy atom. The number of allylic oxidation sites excluding steroid dienone is 1. The van der Waals surface area contributed by atoms with E-state index in [0.29, 0.717) is 41.4 Å². The maximum absolute atomic E-state index is 12.6. The quantitative estimate of drug-likeness (QED) is 0.645. The molecule has 1 aromatic carbocycles. The monoisotopic (exact) mass is 376 g/mol. The highest BCUT2D eigenvalue weighted by atomic mass is 16.5. The van der Waals surface area contributed by atoms with Crippen LogP contribution in [0.15, 0.2) is 29.5 Å². The van der Waals surface area contributed by atoms with Gasteiger partial charge in [-0.05, 0) is 25.3 Å². The van der Waals surface area contributed by atoms with Crippen molar-refractivity contribution in [3.63, 3.8) is 0 Å². The lowest BCUT2D eigenvalue weighted by atomic mass is 9.92. The highest BCUT2D eigenvalue weighted by molar-refractivity contribution is 5.95. The number of amides is 2. The van der Waals surface area contributed by atoms with E-state index in [9.17, 15) is 9.59 Å². The van der Waals surface area contributed by atoms with Gasteiger partial charge >= 0.3 is 12.0 Å². The molecule has 0 aliphatic carbocycles. The summed E-state index contributed by atoms with van der Waals surface area (Å²) < 4.78 is 16.3. The lowest BCUT2D eigenvalue weighted by Crippen LogP contribution is -2.46. The molecule has 0 bridgehead atoms. The molecular weight excluding hydrogens is 348 g/mol. The van der Waals surface area contributed by atoms with Gasteiger partial charge in [0.05, 0.1) is 32.4 Å². The lowest BCUT2D eigenvalue weighted by molar-refractivity contribution is -0.136. The summed E-state index contributed by atoms with van der Waals surface area (Å²) in [6.07, 6.45) is 3.19. The molecule has 1 aromatic rings. The van der Waals surface area contributed by atoms with Gasteiger partial charge in [0.25, 0.3) is 0 Å². The number of rotatable bonds is 9. The summed E-state index contributed by atoms with van der Waals surface area (Å²) in [6.45, 7) is 4.55. The van der Waals surface area contributed by atoms with Crippen molar-refractivity contribution >= 4 is 12.0 Å². The second kappa shape index (κ2) is 9.85. The summed E-state index contributed by atoms with van der Waals surface area (Å²) in [4.78, 5) is 24.8. The maximum atomic E-state index is 12.6. The summed E-state index contributed by atoms with van der Waals surface area (Å²) in [6, 6.07) is 4.38. The van der Waals surface area contributed by atoms with Crippen LogP contribution in [-0.4, -0.2) is 32.8 Å². The molecule has 2 N–H and O–H groups in total. The van der Waals surface area contributed by atoms with Gasteiger partial charge < -0.3 is 24.8 Å². The Morgan fingerprint density at radius 3 is 2.59 bits per heavy atom. The fourth-order valence-electron chi connectivity index (χ4n) is 3.03. The molecule has 2 amide bonds. The third kappa shape index (κ3) is 4.72. The van der Waals surface area contributed by atoms with E-state index in [2.05, 4.69) is 17.6 Å². The summed E-state index contributed by atoms with van der Waals surface area (Å²) in [5.41, 5.74) is 1.63. The molecule has 1 aliphatic heterocycles. The molecule has 0 fully saturated rings. The Kier molecular flexibility index (Phi) is 7.52. The topological polar surface area (TPSA) is 85.9 Å². The molecule has 0 radical (unpaired) electrons. The van der Waals surface area contributed by atoms with Crippen LogP contribution < -0.4 is 20.1 Å². The number of nitrogens with one attached hydrogen (secondary N) is 2. The van der Waals surface area contributed by atoms with Gasteiger partial charge in [-0.3, -0.25) is 0 Å². The number of benzene rings is 1. The molecule has 1 aliphatic rings. The molecule has 7 nitrogen and oxygen atoms in total. The number of carbonyl (C=O) groups is 2. The van der Waals surface area contributed by atoms with E-state index in [0.717, 1.165) is 19.3 Å². The molecule has 1 atom stereocenters. The third-order valence-corrected chi connectivity index (χ3v) is 4.33. The smallest absolute Gasteiger partial charge is 0.337 e. The predicted octanol–water partition coefficient (Wildman–Crippen LogP) is 3.46. The Balaban J connectivity index is 2.59. The van der Waals surface area contributed by atoms with Crippen molar-refractivity contribution in [3.8, 4) is 11.5 Å². The van der Waals surface area contributed by atoms with Crippen LogP contribution in [0.25, 0.3) is 0 Å². The largest absolute Gasteiger partial charge is 0.493 e. The average Bonchev–Trinajstić information content (AvgIpc) is 2.69.